The van der Waals surface area contributed by atoms with Crippen molar-refractivity contribution in [2.75, 3.05) is 0 Å². The fraction of sp³-hybridized carbons (Fsp3) is 0.286. The first-order valence-electron chi connectivity index (χ1n) is 3.76. The molecular formula is C7H2F6INO2. The summed E-state index contributed by atoms with van der Waals surface area (Å²) in [6.45, 7) is 0. The minimum Gasteiger partial charge on any atom is -0.389 e. The van der Waals surface area contributed by atoms with E-state index in [0.717, 1.165) is 22.6 Å². The summed E-state index contributed by atoms with van der Waals surface area (Å²) in [7, 11) is 0. The molecule has 0 bridgehead atoms. The van der Waals surface area contributed by atoms with Crippen molar-refractivity contribution >= 4 is 22.6 Å². The Kier molecular flexibility index (Phi) is 3.64. The highest BCUT2D eigenvalue weighted by Crippen LogP contribution is 2.29. The van der Waals surface area contributed by atoms with Crippen molar-refractivity contribution in [3.05, 3.63) is 25.6 Å². The summed E-state index contributed by atoms with van der Waals surface area (Å²) in [6, 6.07) is 0. The van der Waals surface area contributed by atoms with Crippen LogP contribution in [0.2, 0.25) is 0 Å². The molecular weight excluding hydrogens is 371 g/mol. The van der Waals surface area contributed by atoms with Crippen molar-refractivity contribution < 1.29 is 31.1 Å². The van der Waals surface area contributed by atoms with E-state index in [1.807, 2.05) is 0 Å². The molecule has 0 spiro atoms. The minimum absolute atomic E-state index is 0.131. The fourth-order valence-corrected chi connectivity index (χ4v) is 1.44. The Balaban J connectivity index is 3.26. The number of hydrogen-bond acceptors (Lipinski definition) is 2. The number of hydrogen-bond donors (Lipinski definition) is 1. The minimum atomic E-state index is -5.09. The number of nitrogens with one attached hydrogen (secondary N) is 1. The third-order valence-electron chi connectivity index (χ3n) is 1.51. The van der Waals surface area contributed by atoms with Crippen LogP contribution in [-0.2, 0) is 6.18 Å². The molecule has 0 aliphatic heterocycles. The molecule has 1 N–H and O–H groups in total. The van der Waals surface area contributed by atoms with Crippen LogP contribution in [-0.4, -0.2) is 11.3 Å². The normalized spacial score (nSPS) is 12.6. The van der Waals surface area contributed by atoms with Gasteiger partial charge in [-0.3, -0.25) is 4.79 Å². The highest BCUT2D eigenvalue weighted by atomic mass is 127. The van der Waals surface area contributed by atoms with Gasteiger partial charge < -0.3 is 9.72 Å². The highest BCUT2D eigenvalue weighted by molar-refractivity contribution is 14.1. The molecule has 1 rings (SSSR count). The molecule has 0 unspecified atom stereocenters. The molecule has 0 aliphatic rings. The van der Waals surface area contributed by atoms with Crippen LogP contribution >= 0.6 is 22.6 Å². The summed E-state index contributed by atoms with van der Waals surface area (Å²) in [5.41, 5.74) is -3.16. The molecule has 0 atom stereocenters. The standard InChI is InChI=1S/C7H2F6INO2/c8-6(9,10)2-1-15-5(3(14)4(2)16)17-7(11,12)13/h1H,(H,15,16). The van der Waals surface area contributed by atoms with Gasteiger partial charge in [-0.15, -0.1) is 13.2 Å². The summed E-state index contributed by atoms with van der Waals surface area (Å²) in [5, 5.41) is 0. The van der Waals surface area contributed by atoms with E-state index in [1.165, 1.54) is 0 Å². The zero-order valence-corrected chi connectivity index (χ0v) is 9.70. The van der Waals surface area contributed by atoms with Crippen molar-refractivity contribution in [2.24, 2.45) is 0 Å². The lowest BCUT2D eigenvalue weighted by Crippen LogP contribution is -2.25. The number of halogens is 7. The van der Waals surface area contributed by atoms with Crippen LogP contribution < -0.4 is 10.2 Å². The van der Waals surface area contributed by atoms with Gasteiger partial charge in [0.2, 0.25) is 11.3 Å². The van der Waals surface area contributed by atoms with Crippen LogP contribution in [0.25, 0.3) is 0 Å². The number of H-pyrrole nitrogens is 1. The zero-order chi connectivity index (χ0) is 13.4. The van der Waals surface area contributed by atoms with Gasteiger partial charge >= 0.3 is 12.5 Å². The Hall–Kier alpha value is -0.940. The van der Waals surface area contributed by atoms with Gasteiger partial charge in [-0.2, -0.15) is 13.2 Å². The van der Waals surface area contributed by atoms with Gasteiger partial charge in [0.15, 0.2) is 0 Å². The topological polar surface area (TPSA) is 42.1 Å². The lowest BCUT2D eigenvalue weighted by Gasteiger charge is -2.11. The number of pyridine rings is 1. The van der Waals surface area contributed by atoms with Gasteiger partial charge in [-0.25, -0.2) is 0 Å². The molecule has 0 saturated heterocycles. The van der Waals surface area contributed by atoms with Crippen LogP contribution in [0.1, 0.15) is 5.56 Å². The van der Waals surface area contributed by atoms with E-state index in [0.29, 0.717) is 0 Å². The van der Waals surface area contributed by atoms with E-state index in [2.05, 4.69) is 4.74 Å². The predicted octanol–water partition coefficient (Wildman–Crippen LogP) is 2.90. The fourth-order valence-electron chi connectivity index (χ4n) is 0.889. The molecule has 0 aliphatic carbocycles. The number of aromatic nitrogens is 1. The lowest BCUT2D eigenvalue weighted by molar-refractivity contribution is -0.276. The van der Waals surface area contributed by atoms with Crippen molar-refractivity contribution in [2.45, 2.75) is 12.5 Å². The van der Waals surface area contributed by atoms with Crippen LogP contribution in [0.5, 0.6) is 5.88 Å². The smallest absolute Gasteiger partial charge is 0.389 e. The lowest BCUT2D eigenvalue weighted by atomic mass is 10.2. The third kappa shape index (κ3) is 3.51. The molecule has 1 aromatic rings. The number of aromatic amines is 1. The summed E-state index contributed by atoms with van der Waals surface area (Å²) < 4.78 is 74.6. The SMILES string of the molecule is O=c1c(C(F)(F)F)c[nH]c(OC(F)(F)F)c1I. The Bertz CT molecular complexity index is 477. The highest BCUT2D eigenvalue weighted by Gasteiger charge is 2.37. The summed E-state index contributed by atoms with van der Waals surface area (Å²) >= 11 is 1.04. The first-order valence-corrected chi connectivity index (χ1v) is 4.84. The largest absolute Gasteiger partial charge is 0.574 e. The molecule has 96 valence electrons. The maximum absolute atomic E-state index is 12.2. The first kappa shape index (κ1) is 14.1. The van der Waals surface area contributed by atoms with Gasteiger partial charge in [-0.05, 0) is 22.6 Å². The summed E-state index contributed by atoms with van der Waals surface area (Å²) in [6.07, 6.45) is -9.90. The third-order valence-corrected chi connectivity index (χ3v) is 2.49. The molecule has 0 aromatic carbocycles. The molecule has 17 heavy (non-hydrogen) atoms. The van der Waals surface area contributed by atoms with E-state index in [1.54, 1.807) is 4.98 Å². The predicted molar refractivity (Wildman–Crippen MR) is 51.5 cm³/mol. The van der Waals surface area contributed by atoms with Crippen molar-refractivity contribution in [1.29, 1.82) is 0 Å². The quantitative estimate of drug-likeness (QED) is 0.608. The van der Waals surface area contributed by atoms with E-state index < -0.39 is 33.0 Å². The molecule has 3 nitrogen and oxygen atoms in total. The van der Waals surface area contributed by atoms with Crippen molar-refractivity contribution in [1.82, 2.24) is 4.98 Å². The molecule has 0 amide bonds. The van der Waals surface area contributed by atoms with E-state index in [-0.39, 0.29) is 6.20 Å². The van der Waals surface area contributed by atoms with Gasteiger partial charge in [0.05, 0.1) is 0 Å². The summed E-state index contributed by atoms with van der Waals surface area (Å²) in [5.74, 6) is -1.07. The van der Waals surface area contributed by atoms with Crippen LogP contribution in [0.4, 0.5) is 26.3 Å². The second-order valence-corrected chi connectivity index (χ2v) is 3.80. The van der Waals surface area contributed by atoms with Crippen molar-refractivity contribution in [3.63, 3.8) is 0 Å². The molecule has 0 radical (unpaired) electrons. The molecule has 0 saturated carbocycles. The Morgan fingerprint density at radius 3 is 2.12 bits per heavy atom. The van der Waals surface area contributed by atoms with Gasteiger partial charge in [0.1, 0.15) is 9.13 Å². The number of ether oxygens (including phenoxy) is 1. The van der Waals surface area contributed by atoms with Crippen LogP contribution in [0, 0.1) is 3.57 Å². The zero-order valence-electron chi connectivity index (χ0n) is 7.54. The van der Waals surface area contributed by atoms with Gasteiger partial charge in [-0.1, -0.05) is 0 Å². The maximum atomic E-state index is 12.2. The Morgan fingerprint density at radius 2 is 1.71 bits per heavy atom. The van der Waals surface area contributed by atoms with E-state index in [9.17, 15) is 31.1 Å². The van der Waals surface area contributed by atoms with Crippen LogP contribution in [0.3, 0.4) is 0 Å². The average molecular weight is 373 g/mol. The molecule has 1 heterocycles. The Labute approximate surface area is 103 Å². The van der Waals surface area contributed by atoms with E-state index >= 15 is 0 Å². The molecule has 1 aromatic heterocycles. The summed E-state index contributed by atoms with van der Waals surface area (Å²) in [4.78, 5) is 12.8. The second kappa shape index (κ2) is 4.38. The van der Waals surface area contributed by atoms with Crippen molar-refractivity contribution in [3.8, 4) is 5.88 Å². The van der Waals surface area contributed by atoms with Crippen LogP contribution in [0.15, 0.2) is 11.0 Å². The maximum Gasteiger partial charge on any atom is 0.574 e. The monoisotopic (exact) mass is 373 g/mol. The van der Waals surface area contributed by atoms with E-state index in [4.69, 9.17) is 0 Å². The second-order valence-electron chi connectivity index (χ2n) is 2.72. The first-order chi connectivity index (χ1) is 7.52. The average Bonchev–Trinajstić information content (AvgIpc) is 2.08. The number of rotatable bonds is 1. The molecule has 10 heteroatoms. The van der Waals surface area contributed by atoms with Gasteiger partial charge in [0, 0.05) is 6.20 Å². The number of alkyl halides is 6. The van der Waals surface area contributed by atoms with Gasteiger partial charge in [0.25, 0.3) is 0 Å². The molecule has 0 fully saturated rings. The Morgan fingerprint density at radius 1 is 1.18 bits per heavy atom.